The Morgan fingerprint density at radius 2 is 1.71 bits per heavy atom. The number of carbonyl (C=O) groups is 3. The quantitative estimate of drug-likeness (QED) is 0.718. The summed E-state index contributed by atoms with van der Waals surface area (Å²) in [5, 5.41) is 0.530. The molecule has 2 atom stereocenters. The van der Waals surface area contributed by atoms with E-state index in [0.717, 1.165) is 18.4 Å². The molecule has 2 fully saturated rings. The third-order valence-corrected chi connectivity index (χ3v) is 5.68. The van der Waals surface area contributed by atoms with Gasteiger partial charge >= 0.3 is 0 Å². The van der Waals surface area contributed by atoms with E-state index in [9.17, 15) is 14.4 Å². The van der Waals surface area contributed by atoms with Gasteiger partial charge in [0.15, 0.2) is 0 Å². The number of anilines is 1. The Kier molecular flexibility index (Phi) is 4.94. The Labute approximate surface area is 168 Å². The monoisotopic (exact) mass is 396 g/mol. The summed E-state index contributed by atoms with van der Waals surface area (Å²) in [5.41, 5.74) is 1.43. The molecule has 144 valence electrons. The van der Waals surface area contributed by atoms with Gasteiger partial charge in [0.25, 0.3) is 5.91 Å². The second-order valence-electron chi connectivity index (χ2n) is 7.37. The molecule has 2 aromatic carbocycles. The minimum atomic E-state index is -0.786. The van der Waals surface area contributed by atoms with E-state index in [1.807, 2.05) is 37.3 Å². The molecule has 2 aliphatic rings. The van der Waals surface area contributed by atoms with Crippen LogP contribution < -0.4 is 4.90 Å². The maximum absolute atomic E-state index is 13.2. The van der Waals surface area contributed by atoms with Gasteiger partial charge in [-0.15, -0.1) is 0 Å². The standard InChI is InChI=1S/C22H21ClN2O3/c1-14(15-5-3-2-4-6-15)24(21(27)16-7-8-16)19-13-20(26)25(22(19)28)18-11-9-17(23)10-12-18/h2-6,9-12,14,16,19H,7-8,13H2,1H3. The van der Waals surface area contributed by atoms with Gasteiger partial charge in [-0.1, -0.05) is 41.9 Å². The number of halogens is 1. The molecule has 4 rings (SSSR count). The Balaban J connectivity index is 1.66. The summed E-state index contributed by atoms with van der Waals surface area (Å²) in [7, 11) is 0. The fourth-order valence-corrected chi connectivity index (χ4v) is 3.87. The molecule has 0 N–H and O–H groups in total. The number of carbonyl (C=O) groups excluding carboxylic acids is 3. The molecule has 2 aromatic rings. The second-order valence-corrected chi connectivity index (χ2v) is 7.81. The zero-order valence-corrected chi connectivity index (χ0v) is 16.3. The first-order chi connectivity index (χ1) is 13.5. The van der Waals surface area contributed by atoms with Crippen LogP contribution in [-0.4, -0.2) is 28.7 Å². The predicted octanol–water partition coefficient (Wildman–Crippen LogP) is 3.97. The van der Waals surface area contributed by atoms with E-state index in [0.29, 0.717) is 10.7 Å². The minimum absolute atomic E-state index is 0.00288. The number of hydrogen-bond donors (Lipinski definition) is 0. The summed E-state index contributed by atoms with van der Waals surface area (Å²) < 4.78 is 0. The molecule has 5 nitrogen and oxygen atoms in total. The molecule has 0 radical (unpaired) electrons. The number of rotatable bonds is 5. The average Bonchev–Trinajstić information content (AvgIpc) is 3.50. The van der Waals surface area contributed by atoms with Gasteiger partial charge in [0.1, 0.15) is 6.04 Å². The number of hydrogen-bond acceptors (Lipinski definition) is 3. The van der Waals surface area contributed by atoms with Crippen molar-refractivity contribution in [1.29, 1.82) is 0 Å². The van der Waals surface area contributed by atoms with Crippen molar-refractivity contribution in [3.63, 3.8) is 0 Å². The van der Waals surface area contributed by atoms with Crippen molar-refractivity contribution in [2.75, 3.05) is 4.90 Å². The molecule has 1 saturated carbocycles. The highest BCUT2D eigenvalue weighted by atomic mass is 35.5. The number of imide groups is 1. The number of nitrogens with zero attached hydrogens (tertiary/aromatic N) is 2. The van der Waals surface area contributed by atoms with E-state index in [4.69, 9.17) is 11.6 Å². The first-order valence-electron chi connectivity index (χ1n) is 9.47. The van der Waals surface area contributed by atoms with E-state index in [1.165, 1.54) is 4.90 Å². The second kappa shape index (κ2) is 7.40. The van der Waals surface area contributed by atoms with Crippen molar-refractivity contribution >= 4 is 35.0 Å². The van der Waals surface area contributed by atoms with E-state index in [2.05, 4.69) is 0 Å². The summed E-state index contributed by atoms with van der Waals surface area (Å²) in [5.74, 6) is -0.741. The summed E-state index contributed by atoms with van der Waals surface area (Å²) in [6.45, 7) is 1.91. The van der Waals surface area contributed by atoms with Crippen LogP contribution in [0.25, 0.3) is 0 Å². The van der Waals surface area contributed by atoms with Crippen molar-refractivity contribution in [2.24, 2.45) is 5.92 Å². The molecule has 6 heteroatoms. The fraction of sp³-hybridized carbons (Fsp3) is 0.318. The van der Waals surface area contributed by atoms with Crippen LogP contribution >= 0.6 is 11.6 Å². The predicted molar refractivity (Wildman–Crippen MR) is 107 cm³/mol. The molecule has 1 heterocycles. The van der Waals surface area contributed by atoms with Gasteiger partial charge in [-0.25, -0.2) is 4.90 Å². The van der Waals surface area contributed by atoms with Gasteiger partial charge in [0.05, 0.1) is 18.2 Å². The van der Waals surface area contributed by atoms with E-state index in [1.54, 1.807) is 29.2 Å². The third-order valence-electron chi connectivity index (χ3n) is 5.42. The topological polar surface area (TPSA) is 57.7 Å². The zero-order chi connectivity index (χ0) is 19.8. The van der Waals surface area contributed by atoms with Crippen molar-refractivity contribution in [3.05, 3.63) is 65.2 Å². The maximum atomic E-state index is 13.2. The van der Waals surface area contributed by atoms with Gasteiger partial charge in [-0.3, -0.25) is 14.4 Å². The van der Waals surface area contributed by atoms with Crippen LogP contribution in [0.1, 0.15) is 37.8 Å². The summed E-state index contributed by atoms with van der Waals surface area (Å²) in [6, 6.07) is 15.1. The molecule has 1 aliphatic heterocycles. The molecule has 1 saturated heterocycles. The normalized spacial score (nSPS) is 20.4. The lowest BCUT2D eigenvalue weighted by Crippen LogP contribution is -2.47. The van der Waals surface area contributed by atoms with Crippen LogP contribution in [0, 0.1) is 5.92 Å². The molecule has 0 spiro atoms. The molecule has 0 bridgehead atoms. The lowest BCUT2D eigenvalue weighted by Gasteiger charge is -2.33. The van der Waals surface area contributed by atoms with Gasteiger partial charge in [-0.2, -0.15) is 0 Å². The van der Waals surface area contributed by atoms with Crippen LogP contribution in [0.2, 0.25) is 5.02 Å². The van der Waals surface area contributed by atoms with Gasteiger partial charge in [0.2, 0.25) is 11.8 Å². The summed E-state index contributed by atoms with van der Waals surface area (Å²) >= 11 is 5.92. The molecule has 3 amide bonds. The van der Waals surface area contributed by atoms with Gasteiger partial charge < -0.3 is 4.90 Å². The molecule has 0 aromatic heterocycles. The van der Waals surface area contributed by atoms with Crippen LogP contribution in [0.5, 0.6) is 0 Å². The Hall–Kier alpha value is -2.66. The molecule has 2 unspecified atom stereocenters. The van der Waals surface area contributed by atoms with E-state index < -0.39 is 6.04 Å². The van der Waals surface area contributed by atoms with Crippen LogP contribution in [-0.2, 0) is 14.4 Å². The first kappa shape index (κ1) is 18.7. The van der Waals surface area contributed by atoms with Crippen molar-refractivity contribution in [3.8, 4) is 0 Å². The van der Waals surface area contributed by atoms with Crippen LogP contribution in [0.3, 0.4) is 0 Å². The number of amides is 3. The minimum Gasteiger partial charge on any atom is -0.323 e. The molecule has 1 aliphatic carbocycles. The largest absolute Gasteiger partial charge is 0.323 e. The lowest BCUT2D eigenvalue weighted by atomic mass is 10.0. The van der Waals surface area contributed by atoms with Gasteiger partial charge in [0, 0.05) is 10.9 Å². The summed E-state index contributed by atoms with van der Waals surface area (Å²) in [6.07, 6.45) is 1.68. The molecular weight excluding hydrogens is 376 g/mol. The Morgan fingerprint density at radius 3 is 2.32 bits per heavy atom. The average molecular weight is 397 g/mol. The lowest BCUT2D eigenvalue weighted by molar-refractivity contribution is -0.142. The SMILES string of the molecule is CC(c1ccccc1)N(C(=O)C1CC1)C1CC(=O)N(c2ccc(Cl)cc2)C1=O. The van der Waals surface area contributed by atoms with Crippen molar-refractivity contribution in [1.82, 2.24) is 4.90 Å². The van der Waals surface area contributed by atoms with Crippen molar-refractivity contribution in [2.45, 2.75) is 38.3 Å². The summed E-state index contributed by atoms with van der Waals surface area (Å²) in [4.78, 5) is 41.8. The van der Waals surface area contributed by atoms with E-state index >= 15 is 0 Å². The fourth-order valence-electron chi connectivity index (χ4n) is 3.74. The highest BCUT2D eigenvalue weighted by molar-refractivity contribution is 6.30. The Bertz CT molecular complexity index is 909. The van der Waals surface area contributed by atoms with Gasteiger partial charge in [-0.05, 0) is 49.6 Å². The van der Waals surface area contributed by atoms with E-state index in [-0.39, 0.29) is 36.1 Å². The Morgan fingerprint density at radius 1 is 1.07 bits per heavy atom. The van der Waals surface area contributed by atoms with Crippen LogP contribution in [0.15, 0.2) is 54.6 Å². The van der Waals surface area contributed by atoms with Crippen LogP contribution in [0.4, 0.5) is 5.69 Å². The smallest absolute Gasteiger partial charge is 0.257 e. The highest BCUT2D eigenvalue weighted by Gasteiger charge is 2.48. The maximum Gasteiger partial charge on any atom is 0.257 e. The highest BCUT2D eigenvalue weighted by Crippen LogP contribution is 2.38. The molecular formula is C22H21ClN2O3. The first-order valence-corrected chi connectivity index (χ1v) is 9.84. The molecule has 28 heavy (non-hydrogen) atoms. The van der Waals surface area contributed by atoms with Crippen molar-refractivity contribution < 1.29 is 14.4 Å². The zero-order valence-electron chi connectivity index (χ0n) is 15.5. The third kappa shape index (κ3) is 3.42. The number of benzene rings is 2.